The minimum absolute atomic E-state index is 0.185. The van der Waals surface area contributed by atoms with Crippen LogP contribution in [0.5, 0.6) is 0 Å². The van der Waals surface area contributed by atoms with Crippen LogP contribution in [0.1, 0.15) is 39.2 Å². The maximum Gasteiger partial charge on any atom is 0.410 e. The monoisotopic (exact) mass is 322 g/mol. The molecule has 0 aliphatic carbocycles. The molecule has 1 aromatic rings. The first-order valence-electron chi connectivity index (χ1n) is 8.22. The number of piperidine rings is 1. The molecule has 0 bridgehead atoms. The van der Waals surface area contributed by atoms with Gasteiger partial charge in [-0.3, -0.25) is 0 Å². The highest BCUT2D eigenvalue weighted by Gasteiger charge is 2.26. The molecule has 1 aromatic carbocycles. The number of nitrogens with one attached hydrogen (secondary N) is 1. The summed E-state index contributed by atoms with van der Waals surface area (Å²) in [4.78, 5) is 13.8. The van der Waals surface area contributed by atoms with E-state index in [1.54, 1.807) is 17.9 Å². The number of nitrogens with zero attached hydrogens (tertiary/aromatic N) is 1. The van der Waals surface area contributed by atoms with Gasteiger partial charge in [0.25, 0.3) is 0 Å². The third kappa shape index (κ3) is 5.41. The number of carbonyl (C=O) groups excluding carboxylic acids is 1. The molecule has 0 spiro atoms. The summed E-state index contributed by atoms with van der Waals surface area (Å²) in [5, 5.41) is 3.29. The fourth-order valence-electron chi connectivity index (χ4n) is 2.61. The van der Waals surface area contributed by atoms with Gasteiger partial charge in [-0.2, -0.15) is 0 Å². The van der Waals surface area contributed by atoms with Crippen LogP contribution < -0.4 is 5.32 Å². The molecule has 1 aliphatic rings. The minimum atomic E-state index is -0.453. The van der Waals surface area contributed by atoms with Gasteiger partial charge in [0.1, 0.15) is 11.4 Å². The number of carbonyl (C=O) groups is 1. The van der Waals surface area contributed by atoms with Crippen LogP contribution in [-0.4, -0.2) is 36.2 Å². The number of likely N-dealkylation sites (tertiary alicyclic amines) is 1. The third-order valence-corrected chi connectivity index (χ3v) is 4.03. The van der Waals surface area contributed by atoms with Crippen LogP contribution in [0.3, 0.4) is 0 Å². The number of amides is 1. The van der Waals surface area contributed by atoms with Crippen molar-refractivity contribution in [3.05, 3.63) is 29.6 Å². The SMILES string of the molecule is Cc1ccc(NCC2CCN(C(=O)OC(C)(C)C)CC2)cc1F. The Labute approximate surface area is 138 Å². The van der Waals surface area contributed by atoms with E-state index >= 15 is 0 Å². The first kappa shape index (κ1) is 17.6. The van der Waals surface area contributed by atoms with Gasteiger partial charge in [0, 0.05) is 25.3 Å². The Balaban J connectivity index is 1.76. The van der Waals surface area contributed by atoms with Gasteiger partial charge in [0.05, 0.1) is 0 Å². The third-order valence-electron chi connectivity index (χ3n) is 4.03. The largest absolute Gasteiger partial charge is 0.444 e. The van der Waals surface area contributed by atoms with E-state index in [0.29, 0.717) is 24.6 Å². The molecule has 1 aliphatic heterocycles. The molecule has 0 aromatic heterocycles. The molecule has 4 nitrogen and oxygen atoms in total. The second-order valence-corrected chi connectivity index (χ2v) is 7.26. The highest BCUT2D eigenvalue weighted by Crippen LogP contribution is 2.21. The number of anilines is 1. The predicted molar refractivity (Wildman–Crippen MR) is 90.2 cm³/mol. The van der Waals surface area contributed by atoms with Crippen molar-refractivity contribution in [2.45, 2.75) is 46.1 Å². The van der Waals surface area contributed by atoms with E-state index in [1.807, 2.05) is 26.8 Å². The van der Waals surface area contributed by atoms with Crippen LogP contribution >= 0.6 is 0 Å². The van der Waals surface area contributed by atoms with Crippen LogP contribution in [0.15, 0.2) is 18.2 Å². The van der Waals surface area contributed by atoms with Gasteiger partial charge >= 0.3 is 6.09 Å². The molecule has 128 valence electrons. The van der Waals surface area contributed by atoms with Gasteiger partial charge < -0.3 is 15.0 Å². The molecule has 1 amide bonds. The van der Waals surface area contributed by atoms with Crippen molar-refractivity contribution in [3.8, 4) is 0 Å². The van der Waals surface area contributed by atoms with Gasteiger partial charge in [0.2, 0.25) is 0 Å². The predicted octanol–water partition coefficient (Wildman–Crippen LogP) is 4.19. The first-order chi connectivity index (χ1) is 10.7. The van der Waals surface area contributed by atoms with Crippen LogP contribution in [0, 0.1) is 18.7 Å². The van der Waals surface area contributed by atoms with E-state index in [1.165, 1.54) is 6.07 Å². The van der Waals surface area contributed by atoms with Crippen molar-refractivity contribution in [2.24, 2.45) is 5.92 Å². The van der Waals surface area contributed by atoms with Crippen LogP contribution in [0.2, 0.25) is 0 Å². The van der Waals surface area contributed by atoms with Crippen molar-refractivity contribution in [1.82, 2.24) is 4.90 Å². The molecule has 23 heavy (non-hydrogen) atoms. The zero-order chi connectivity index (χ0) is 17.0. The van der Waals surface area contributed by atoms with Gasteiger partial charge in [-0.05, 0) is 64.2 Å². The highest BCUT2D eigenvalue weighted by molar-refractivity contribution is 5.68. The van der Waals surface area contributed by atoms with Crippen molar-refractivity contribution in [1.29, 1.82) is 0 Å². The van der Waals surface area contributed by atoms with Crippen molar-refractivity contribution >= 4 is 11.8 Å². The molecule has 0 atom stereocenters. The molecule has 0 saturated carbocycles. The van der Waals surface area contributed by atoms with Gasteiger partial charge in [-0.1, -0.05) is 6.07 Å². The lowest BCUT2D eigenvalue weighted by Gasteiger charge is -2.33. The van der Waals surface area contributed by atoms with Gasteiger partial charge in [-0.15, -0.1) is 0 Å². The molecule has 1 saturated heterocycles. The number of halogens is 1. The molecule has 0 unspecified atom stereocenters. The maximum absolute atomic E-state index is 13.5. The highest BCUT2D eigenvalue weighted by atomic mass is 19.1. The zero-order valence-electron chi connectivity index (χ0n) is 14.5. The zero-order valence-corrected chi connectivity index (χ0v) is 14.5. The van der Waals surface area contributed by atoms with E-state index in [9.17, 15) is 9.18 Å². The van der Waals surface area contributed by atoms with E-state index < -0.39 is 5.60 Å². The number of ether oxygens (including phenoxy) is 1. The van der Waals surface area contributed by atoms with E-state index in [0.717, 1.165) is 25.1 Å². The molecular weight excluding hydrogens is 295 g/mol. The summed E-state index contributed by atoms with van der Waals surface area (Å²) in [6.07, 6.45) is 1.63. The molecule has 5 heteroatoms. The molecule has 1 N–H and O–H groups in total. The lowest BCUT2D eigenvalue weighted by Crippen LogP contribution is -2.42. The average molecular weight is 322 g/mol. The fourth-order valence-corrected chi connectivity index (χ4v) is 2.61. The quantitative estimate of drug-likeness (QED) is 0.907. The van der Waals surface area contributed by atoms with E-state index in [4.69, 9.17) is 4.74 Å². The van der Waals surface area contributed by atoms with Crippen molar-refractivity contribution in [3.63, 3.8) is 0 Å². The lowest BCUT2D eigenvalue weighted by atomic mass is 9.97. The molecular formula is C18H27FN2O2. The molecule has 0 radical (unpaired) electrons. The van der Waals surface area contributed by atoms with Crippen LogP contribution in [0.25, 0.3) is 0 Å². The Bertz CT molecular complexity index is 546. The topological polar surface area (TPSA) is 41.6 Å². The second-order valence-electron chi connectivity index (χ2n) is 7.26. The van der Waals surface area contributed by atoms with Gasteiger partial charge in [0.15, 0.2) is 0 Å². The summed E-state index contributed by atoms with van der Waals surface area (Å²) in [5.74, 6) is 0.299. The number of rotatable bonds is 3. The Kier molecular flexibility index (Phi) is 5.50. The second kappa shape index (κ2) is 7.20. The number of hydrogen-bond donors (Lipinski definition) is 1. The molecule has 2 rings (SSSR count). The number of aryl methyl sites for hydroxylation is 1. The molecule has 1 heterocycles. The normalized spacial score (nSPS) is 16.3. The van der Waals surface area contributed by atoms with Crippen LogP contribution in [-0.2, 0) is 4.74 Å². The van der Waals surface area contributed by atoms with Crippen LogP contribution in [0.4, 0.5) is 14.9 Å². The van der Waals surface area contributed by atoms with Gasteiger partial charge in [-0.25, -0.2) is 9.18 Å². The fraction of sp³-hybridized carbons (Fsp3) is 0.611. The standard InChI is InChI=1S/C18H27FN2O2/c1-13-5-6-15(11-16(13)19)20-12-14-7-9-21(10-8-14)17(22)23-18(2,3)4/h5-6,11,14,20H,7-10,12H2,1-4H3. The molecule has 1 fully saturated rings. The van der Waals surface area contributed by atoms with Crippen molar-refractivity contribution < 1.29 is 13.9 Å². The minimum Gasteiger partial charge on any atom is -0.444 e. The summed E-state index contributed by atoms with van der Waals surface area (Å²) < 4.78 is 18.9. The van der Waals surface area contributed by atoms with E-state index in [-0.39, 0.29) is 11.9 Å². The Hall–Kier alpha value is -1.78. The lowest BCUT2D eigenvalue weighted by molar-refractivity contribution is 0.0188. The first-order valence-corrected chi connectivity index (χ1v) is 8.22. The maximum atomic E-state index is 13.5. The smallest absolute Gasteiger partial charge is 0.410 e. The Morgan fingerprint density at radius 2 is 2.00 bits per heavy atom. The van der Waals surface area contributed by atoms with E-state index in [2.05, 4.69) is 5.32 Å². The average Bonchev–Trinajstić information content (AvgIpc) is 2.47. The summed E-state index contributed by atoms with van der Waals surface area (Å²) in [7, 11) is 0. The van der Waals surface area contributed by atoms with Crippen molar-refractivity contribution in [2.75, 3.05) is 25.0 Å². The summed E-state index contributed by atoms with van der Waals surface area (Å²) in [5.41, 5.74) is 1.01. The number of benzene rings is 1. The Morgan fingerprint density at radius 1 is 1.35 bits per heavy atom. The summed E-state index contributed by atoms with van der Waals surface area (Å²) in [6, 6.07) is 5.21. The number of hydrogen-bond acceptors (Lipinski definition) is 3. The summed E-state index contributed by atoms with van der Waals surface area (Å²) in [6.45, 7) is 9.61. The Morgan fingerprint density at radius 3 is 2.57 bits per heavy atom. The summed E-state index contributed by atoms with van der Waals surface area (Å²) >= 11 is 0.